The van der Waals surface area contributed by atoms with E-state index in [1.807, 2.05) is 0 Å². The maximum absolute atomic E-state index is 13.4. The molecule has 5 heteroatoms. The van der Waals surface area contributed by atoms with Crippen LogP contribution in [-0.4, -0.2) is 32.9 Å². The Bertz CT molecular complexity index is 1540. The Balaban J connectivity index is 1.73. The van der Waals surface area contributed by atoms with Crippen molar-refractivity contribution in [3.05, 3.63) is 182 Å². The smallest absolute Gasteiger partial charge is 0.307 e. The predicted molar refractivity (Wildman–Crippen MR) is 194 cm³/mol. The van der Waals surface area contributed by atoms with E-state index in [-0.39, 0.29) is 5.97 Å². The van der Waals surface area contributed by atoms with Gasteiger partial charge in [-0.1, -0.05) is 182 Å². The van der Waals surface area contributed by atoms with Crippen LogP contribution in [0.2, 0.25) is 0 Å². The number of carbonyl (C=O) groups is 1. The number of benzene rings is 6. The molecule has 1 atom stereocenters. The summed E-state index contributed by atoms with van der Waals surface area (Å²) in [5.41, 5.74) is 0. The molecule has 1 aliphatic heterocycles. The summed E-state index contributed by atoms with van der Waals surface area (Å²) in [5, 5.41) is 7.55. The Morgan fingerprint density at radius 1 is 0.435 bits per heavy atom. The van der Waals surface area contributed by atoms with Crippen molar-refractivity contribution >= 4 is 53.6 Å². The zero-order valence-corrected chi connectivity index (χ0v) is 27.8. The molecule has 1 aliphatic rings. The molecule has 0 amide bonds. The Labute approximate surface area is 273 Å². The van der Waals surface area contributed by atoms with E-state index in [4.69, 9.17) is 4.74 Å². The van der Waals surface area contributed by atoms with Crippen molar-refractivity contribution in [1.82, 2.24) is 4.23 Å². The van der Waals surface area contributed by atoms with Crippen LogP contribution < -0.4 is 31.1 Å². The highest BCUT2D eigenvalue weighted by Gasteiger charge is 2.60. The van der Waals surface area contributed by atoms with Crippen LogP contribution >= 0.6 is 0 Å². The molecule has 46 heavy (non-hydrogen) atoms. The SMILES string of the molecule is O=C1CCCC(N([Si](c2ccccc2)(c2ccccc2)c2ccccc2)[Si](c2ccccc2)(c2ccccc2)c2ccccc2)O1. The molecule has 1 fully saturated rings. The normalized spacial score (nSPS) is 15.3. The maximum Gasteiger partial charge on any atom is 0.307 e. The number of hydrogen-bond donors (Lipinski definition) is 0. The fourth-order valence-corrected chi connectivity index (χ4v) is 20.7. The first-order valence-corrected chi connectivity index (χ1v) is 20.0. The summed E-state index contributed by atoms with van der Waals surface area (Å²) in [7, 11) is -6.47. The van der Waals surface area contributed by atoms with E-state index < -0.39 is 22.7 Å². The molecule has 6 aromatic rings. The van der Waals surface area contributed by atoms with Gasteiger partial charge >= 0.3 is 5.97 Å². The lowest BCUT2D eigenvalue weighted by molar-refractivity contribution is -0.158. The zero-order chi connectivity index (χ0) is 31.2. The number of rotatable bonds is 9. The standard InChI is InChI=1S/C41H37NO2Si2/c43-41-33-19-32-40(44-41)42(45(34-20-7-1-8-21-34,35-22-9-2-10-23-35)36-24-11-3-12-25-36)46(37-26-13-4-14-27-37,38-28-15-5-16-29-38)39-30-17-6-18-31-39/h1-18,20-31,40H,19,32-33H2. The van der Waals surface area contributed by atoms with Gasteiger partial charge in [-0.15, -0.1) is 0 Å². The predicted octanol–water partition coefficient (Wildman–Crippen LogP) is 4.68. The van der Waals surface area contributed by atoms with Crippen molar-refractivity contribution in [3.8, 4) is 0 Å². The van der Waals surface area contributed by atoms with Gasteiger partial charge in [-0.25, -0.2) is 0 Å². The van der Waals surface area contributed by atoms with E-state index in [0.717, 1.165) is 12.8 Å². The number of ether oxygens (including phenoxy) is 1. The number of esters is 1. The highest BCUT2D eigenvalue weighted by atomic mass is 28.4. The zero-order valence-electron chi connectivity index (χ0n) is 25.8. The number of nitrogens with zero attached hydrogens (tertiary/aromatic N) is 1. The van der Waals surface area contributed by atoms with E-state index in [2.05, 4.69) is 186 Å². The third-order valence-corrected chi connectivity index (χ3v) is 20.3. The van der Waals surface area contributed by atoms with Crippen molar-refractivity contribution in [1.29, 1.82) is 0 Å². The van der Waals surface area contributed by atoms with Crippen molar-refractivity contribution in [2.75, 3.05) is 0 Å². The van der Waals surface area contributed by atoms with Gasteiger partial charge in [0, 0.05) is 6.42 Å². The summed E-state index contributed by atoms with van der Waals surface area (Å²) in [6.45, 7) is 0. The summed E-state index contributed by atoms with van der Waals surface area (Å²) in [4.78, 5) is 13.4. The minimum absolute atomic E-state index is 0.129. The molecule has 0 aromatic heterocycles. The van der Waals surface area contributed by atoms with Gasteiger partial charge in [0.05, 0.1) is 0 Å². The summed E-state index contributed by atoms with van der Waals surface area (Å²) in [6, 6.07) is 66.0. The van der Waals surface area contributed by atoms with Crippen molar-refractivity contribution in [2.24, 2.45) is 0 Å². The quantitative estimate of drug-likeness (QED) is 0.132. The summed E-state index contributed by atoms with van der Waals surface area (Å²) in [6.07, 6.45) is 1.54. The highest BCUT2D eigenvalue weighted by Crippen LogP contribution is 2.30. The van der Waals surface area contributed by atoms with E-state index in [9.17, 15) is 4.79 Å². The second kappa shape index (κ2) is 13.3. The molecule has 0 N–H and O–H groups in total. The molecule has 0 radical (unpaired) electrons. The van der Waals surface area contributed by atoms with Crippen LogP contribution in [0.1, 0.15) is 19.3 Å². The van der Waals surface area contributed by atoms with Gasteiger partial charge in [0.25, 0.3) is 0 Å². The Hall–Kier alpha value is -4.82. The first kappa shape index (κ1) is 29.9. The van der Waals surface area contributed by atoms with Crippen molar-refractivity contribution in [2.45, 2.75) is 25.5 Å². The number of carbonyl (C=O) groups excluding carboxylic acids is 1. The molecule has 6 aromatic carbocycles. The first-order valence-electron chi connectivity index (χ1n) is 16.1. The number of hydrogen-bond acceptors (Lipinski definition) is 3. The van der Waals surface area contributed by atoms with Crippen molar-refractivity contribution < 1.29 is 9.53 Å². The van der Waals surface area contributed by atoms with Crippen LogP contribution in [-0.2, 0) is 9.53 Å². The van der Waals surface area contributed by atoms with Gasteiger partial charge in [-0.3, -0.25) is 9.03 Å². The monoisotopic (exact) mass is 631 g/mol. The van der Waals surface area contributed by atoms with E-state index in [1.54, 1.807) is 0 Å². The highest BCUT2D eigenvalue weighted by molar-refractivity contribution is 7.22. The Morgan fingerprint density at radius 3 is 0.935 bits per heavy atom. The molecule has 1 heterocycles. The molecule has 0 saturated carbocycles. The lowest BCUT2D eigenvalue weighted by Crippen LogP contribution is -2.92. The van der Waals surface area contributed by atoms with Crippen LogP contribution in [0.3, 0.4) is 0 Å². The molecule has 0 spiro atoms. The average molecular weight is 632 g/mol. The summed E-state index contributed by atoms with van der Waals surface area (Å²) < 4.78 is 9.45. The molecule has 1 saturated heterocycles. The molecule has 0 bridgehead atoms. The fourth-order valence-electron chi connectivity index (χ4n) is 7.47. The van der Waals surface area contributed by atoms with Gasteiger partial charge < -0.3 is 4.74 Å². The topological polar surface area (TPSA) is 29.5 Å². The molecule has 226 valence electrons. The van der Waals surface area contributed by atoms with Gasteiger partial charge in [-0.05, 0) is 44.0 Å². The Kier molecular flexibility index (Phi) is 8.62. The first-order chi connectivity index (χ1) is 22.8. The van der Waals surface area contributed by atoms with Crippen LogP contribution in [0.25, 0.3) is 0 Å². The molecular weight excluding hydrogens is 595 g/mol. The molecule has 0 aliphatic carbocycles. The van der Waals surface area contributed by atoms with Gasteiger partial charge in [0.15, 0.2) is 0 Å². The van der Waals surface area contributed by atoms with E-state index >= 15 is 0 Å². The second-order valence-corrected chi connectivity index (χ2v) is 19.5. The number of cyclic esters (lactones) is 1. The molecular formula is C41H37NO2Si2. The van der Waals surface area contributed by atoms with Crippen molar-refractivity contribution in [3.63, 3.8) is 0 Å². The molecule has 3 nitrogen and oxygen atoms in total. The third-order valence-electron chi connectivity index (χ3n) is 9.26. The van der Waals surface area contributed by atoms with E-state index in [0.29, 0.717) is 6.42 Å². The van der Waals surface area contributed by atoms with Crippen LogP contribution in [0, 0.1) is 0 Å². The van der Waals surface area contributed by atoms with Crippen LogP contribution in [0.4, 0.5) is 0 Å². The second-order valence-electron chi connectivity index (χ2n) is 11.8. The summed E-state index contributed by atoms with van der Waals surface area (Å²) >= 11 is 0. The largest absolute Gasteiger partial charge is 0.448 e. The lowest BCUT2D eigenvalue weighted by atomic mass is 10.2. The summed E-state index contributed by atoms with van der Waals surface area (Å²) in [5.74, 6) is -0.129. The molecule has 1 unspecified atom stereocenters. The van der Waals surface area contributed by atoms with E-state index in [1.165, 1.54) is 31.1 Å². The minimum Gasteiger partial charge on any atom is -0.448 e. The van der Waals surface area contributed by atoms with Crippen LogP contribution in [0.5, 0.6) is 0 Å². The minimum atomic E-state index is -3.24. The van der Waals surface area contributed by atoms with Gasteiger partial charge in [0.1, 0.15) is 6.23 Å². The third kappa shape index (κ3) is 5.16. The lowest BCUT2D eigenvalue weighted by Gasteiger charge is -2.56. The van der Waals surface area contributed by atoms with Gasteiger partial charge in [-0.2, -0.15) is 0 Å². The fraction of sp³-hybridized carbons (Fsp3) is 0.0976. The maximum atomic E-state index is 13.4. The molecule has 7 rings (SSSR count). The van der Waals surface area contributed by atoms with Crippen LogP contribution in [0.15, 0.2) is 182 Å². The van der Waals surface area contributed by atoms with Gasteiger partial charge in [0.2, 0.25) is 16.5 Å². The average Bonchev–Trinajstić information content (AvgIpc) is 3.14. The Morgan fingerprint density at radius 2 is 0.696 bits per heavy atom.